The second kappa shape index (κ2) is 2.78. The average molecular weight is 128 g/mol. The van der Waals surface area contributed by atoms with E-state index >= 15 is 0 Å². The Morgan fingerprint density at radius 1 is 1.38 bits per heavy atom. The molecule has 1 aromatic heterocycles. The maximum atomic E-state index is 11.7. The summed E-state index contributed by atoms with van der Waals surface area (Å²) in [7, 11) is 1.15. The summed E-state index contributed by atoms with van der Waals surface area (Å²) < 4.78 is 11.7. The van der Waals surface area contributed by atoms with Crippen molar-refractivity contribution in [2.24, 2.45) is 0 Å². The molecule has 0 fully saturated rings. The summed E-state index contributed by atoms with van der Waals surface area (Å²) in [4.78, 5) is 0. The molecule has 0 radical (unpaired) electrons. The molecular formula is C6H6FP. The zero-order valence-corrected chi connectivity index (χ0v) is 5.24. The molecule has 0 saturated carbocycles. The van der Waals surface area contributed by atoms with E-state index in [0.717, 1.165) is 13.8 Å². The van der Waals surface area contributed by atoms with Crippen molar-refractivity contribution in [2.45, 2.75) is 6.67 Å². The molecule has 1 rings (SSSR count). The lowest BCUT2D eigenvalue weighted by molar-refractivity contribution is 0.485. The summed E-state index contributed by atoms with van der Waals surface area (Å²) in [5.74, 6) is 3.85. The van der Waals surface area contributed by atoms with E-state index in [1.165, 1.54) is 0 Å². The molecule has 1 heterocycles. The fraction of sp³-hybridized carbons (Fsp3) is 0.167. The van der Waals surface area contributed by atoms with E-state index in [1.54, 1.807) is 0 Å². The standard InChI is InChI=1S/C6H6FP/c7-5-6-1-3-8-4-2-6/h1-4H,5H2. The van der Waals surface area contributed by atoms with Crippen molar-refractivity contribution >= 4 is 8.19 Å². The van der Waals surface area contributed by atoms with Gasteiger partial charge in [0.15, 0.2) is 0 Å². The van der Waals surface area contributed by atoms with Crippen molar-refractivity contribution in [3.63, 3.8) is 0 Å². The van der Waals surface area contributed by atoms with Crippen LogP contribution in [0.3, 0.4) is 0 Å². The molecule has 0 aromatic carbocycles. The summed E-state index contributed by atoms with van der Waals surface area (Å²) in [6.45, 7) is -0.345. The van der Waals surface area contributed by atoms with Crippen LogP contribution in [0.2, 0.25) is 0 Å². The van der Waals surface area contributed by atoms with E-state index in [-0.39, 0.29) is 6.67 Å². The Morgan fingerprint density at radius 2 is 2.00 bits per heavy atom. The summed E-state index contributed by atoms with van der Waals surface area (Å²) in [6.07, 6.45) is 0. The van der Waals surface area contributed by atoms with Gasteiger partial charge in [-0.05, 0) is 17.2 Å². The average Bonchev–Trinajstić information content (AvgIpc) is 1.90. The monoisotopic (exact) mass is 128 g/mol. The van der Waals surface area contributed by atoms with Gasteiger partial charge in [-0.1, -0.05) is 20.3 Å². The van der Waals surface area contributed by atoms with Crippen LogP contribution in [0.1, 0.15) is 5.56 Å². The highest BCUT2D eigenvalue weighted by Gasteiger charge is 1.83. The molecule has 0 unspecified atom stereocenters. The van der Waals surface area contributed by atoms with Crippen molar-refractivity contribution in [3.05, 3.63) is 29.3 Å². The van der Waals surface area contributed by atoms with Crippen LogP contribution in [0.4, 0.5) is 4.39 Å². The van der Waals surface area contributed by atoms with Crippen LogP contribution in [0.25, 0.3) is 0 Å². The van der Waals surface area contributed by atoms with Gasteiger partial charge in [-0.15, -0.1) is 0 Å². The minimum atomic E-state index is -0.345. The normalized spacial score (nSPS) is 9.12. The van der Waals surface area contributed by atoms with Crippen LogP contribution in [0.5, 0.6) is 0 Å². The quantitative estimate of drug-likeness (QED) is 0.545. The first kappa shape index (κ1) is 5.71. The fourth-order valence-electron chi connectivity index (χ4n) is 0.472. The van der Waals surface area contributed by atoms with Crippen molar-refractivity contribution in [3.8, 4) is 0 Å². The molecule has 0 saturated heterocycles. The van der Waals surface area contributed by atoms with Crippen LogP contribution in [-0.4, -0.2) is 0 Å². The second-order valence-electron chi connectivity index (χ2n) is 1.49. The van der Waals surface area contributed by atoms with Gasteiger partial charge in [0.2, 0.25) is 0 Å². The van der Waals surface area contributed by atoms with E-state index < -0.39 is 0 Å². The molecule has 42 valence electrons. The predicted molar refractivity (Wildman–Crippen MR) is 33.8 cm³/mol. The molecule has 1 aromatic rings. The van der Waals surface area contributed by atoms with Crippen LogP contribution in [0.15, 0.2) is 23.7 Å². The molecule has 0 aliphatic rings. The van der Waals surface area contributed by atoms with E-state index in [4.69, 9.17) is 0 Å². The minimum Gasteiger partial charge on any atom is -0.246 e. The zero-order valence-electron chi connectivity index (χ0n) is 4.34. The first-order chi connectivity index (χ1) is 3.93. The number of hydrogen-bond acceptors (Lipinski definition) is 0. The van der Waals surface area contributed by atoms with Crippen LogP contribution in [-0.2, 0) is 6.67 Å². The summed E-state index contributed by atoms with van der Waals surface area (Å²) in [5.41, 5.74) is 0.767. The molecule has 0 N–H and O–H groups in total. The third-order valence-electron chi connectivity index (χ3n) is 0.904. The third-order valence-corrected chi connectivity index (χ3v) is 1.55. The number of alkyl halides is 1. The third kappa shape index (κ3) is 1.28. The van der Waals surface area contributed by atoms with Gasteiger partial charge in [0, 0.05) is 0 Å². The Labute approximate surface area is 49.5 Å². The van der Waals surface area contributed by atoms with Crippen molar-refractivity contribution in [1.82, 2.24) is 0 Å². The Bertz CT molecular complexity index is 150. The lowest BCUT2D eigenvalue weighted by Gasteiger charge is -1.86. The summed E-state index contributed by atoms with van der Waals surface area (Å²) >= 11 is 0. The van der Waals surface area contributed by atoms with Crippen molar-refractivity contribution in [1.29, 1.82) is 0 Å². The molecule has 0 bridgehead atoms. The van der Waals surface area contributed by atoms with Gasteiger partial charge >= 0.3 is 0 Å². The maximum absolute atomic E-state index is 11.7. The molecule has 0 nitrogen and oxygen atoms in total. The molecule has 2 heteroatoms. The molecule has 0 atom stereocenters. The van der Waals surface area contributed by atoms with E-state index in [9.17, 15) is 4.39 Å². The predicted octanol–water partition coefficient (Wildman–Crippen LogP) is 2.74. The summed E-state index contributed by atoms with van der Waals surface area (Å²) in [6, 6.07) is 3.61. The lowest BCUT2D eigenvalue weighted by atomic mass is 10.3. The van der Waals surface area contributed by atoms with E-state index in [2.05, 4.69) is 0 Å². The first-order valence-corrected chi connectivity index (χ1v) is 3.41. The van der Waals surface area contributed by atoms with Gasteiger partial charge in [0.1, 0.15) is 6.67 Å². The topological polar surface area (TPSA) is 0 Å². The van der Waals surface area contributed by atoms with Gasteiger partial charge in [0.25, 0.3) is 0 Å². The molecule has 0 aliphatic heterocycles. The number of hydrogen-bond donors (Lipinski definition) is 0. The van der Waals surface area contributed by atoms with Gasteiger partial charge in [-0.3, -0.25) is 0 Å². The van der Waals surface area contributed by atoms with Gasteiger partial charge in [-0.25, -0.2) is 4.39 Å². The highest BCUT2D eigenvalue weighted by atomic mass is 31.0. The fourth-order valence-corrected chi connectivity index (χ4v) is 1.13. The van der Waals surface area contributed by atoms with Crippen molar-refractivity contribution < 1.29 is 4.39 Å². The molecule has 0 amide bonds. The maximum Gasteiger partial charge on any atom is 0.115 e. The number of rotatable bonds is 1. The first-order valence-electron chi connectivity index (χ1n) is 2.38. The van der Waals surface area contributed by atoms with E-state index in [0.29, 0.717) is 0 Å². The summed E-state index contributed by atoms with van der Waals surface area (Å²) in [5, 5.41) is 0. The SMILES string of the molecule is FCc1ccpcc1. The van der Waals surface area contributed by atoms with Gasteiger partial charge in [0.05, 0.1) is 0 Å². The smallest absolute Gasteiger partial charge is 0.115 e. The van der Waals surface area contributed by atoms with Gasteiger partial charge in [-0.2, -0.15) is 0 Å². The minimum absolute atomic E-state index is 0.345. The van der Waals surface area contributed by atoms with Gasteiger partial charge < -0.3 is 0 Å². The van der Waals surface area contributed by atoms with Crippen LogP contribution >= 0.6 is 8.19 Å². The Balaban J connectivity index is 2.83. The Hall–Kier alpha value is -0.420. The largest absolute Gasteiger partial charge is 0.246 e. The molecule has 0 spiro atoms. The van der Waals surface area contributed by atoms with Crippen LogP contribution in [0, 0.1) is 0 Å². The van der Waals surface area contributed by atoms with Crippen molar-refractivity contribution in [2.75, 3.05) is 0 Å². The molecular weight excluding hydrogens is 122 g/mol. The lowest BCUT2D eigenvalue weighted by Crippen LogP contribution is -1.70. The molecule has 0 aliphatic carbocycles. The highest BCUT2D eigenvalue weighted by Crippen LogP contribution is 2.06. The Morgan fingerprint density at radius 3 is 2.38 bits per heavy atom. The zero-order chi connectivity index (χ0) is 5.82. The second-order valence-corrected chi connectivity index (χ2v) is 2.38. The molecule has 8 heavy (non-hydrogen) atoms. The van der Waals surface area contributed by atoms with E-state index in [1.807, 2.05) is 23.7 Å². The highest BCUT2D eigenvalue weighted by molar-refractivity contribution is 7.28. The number of halogens is 1. The Kier molecular flexibility index (Phi) is 1.99. The van der Waals surface area contributed by atoms with Crippen LogP contribution < -0.4 is 0 Å².